The highest BCUT2D eigenvalue weighted by atomic mass is 16.5. The summed E-state index contributed by atoms with van der Waals surface area (Å²) in [5.74, 6) is 0.763. The van der Waals surface area contributed by atoms with E-state index in [-0.39, 0.29) is 0 Å². The van der Waals surface area contributed by atoms with Gasteiger partial charge in [0.25, 0.3) is 0 Å². The molecule has 15 heavy (non-hydrogen) atoms. The van der Waals surface area contributed by atoms with E-state index in [9.17, 15) is 0 Å². The van der Waals surface area contributed by atoms with Gasteiger partial charge in [-0.1, -0.05) is 0 Å². The summed E-state index contributed by atoms with van der Waals surface area (Å²) in [4.78, 5) is 2.58. The Morgan fingerprint density at radius 2 is 2.07 bits per heavy atom. The summed E-state index contributed by atoms with van der Waals surface area (Å²) in [6.07, 6.45) is 6.94. The van der Waals surface area contributed by atoms with Gasteiger partial charge in [-0.25, -0.2) is 0 Å². The van der Waals surface area contributed by atoms with E-state index >= 15 is 0 Å². The molecule has 0 amide bonds. The number of hydrogen-bond donors (Lipinski definition) is 1. The van der Waals surface area contributed by atoms with E-state index in [0.29, 0.717) is 6.10 Å². The molecule has 0 bridgehead atoms. The molecule has 2 unspecified atom stereocenters. The van der Waals surface area contributed by atoms with Crippen LogP contribution in [0.1, 0.15) is 32.1 Å². The number of nitrogens with zero attached hydrogens (tertiary/aromatic N) is 1. The predicted octanol–water partition coefficient (Wildman–Crippen LogP) is 1.23. The molecule has 2 fully saturated rings. The molecule has 2 aliphatic heterocycles. The highest BCUT2D eigenvalue weighted by molar-refractivity contribution is 4.75. The van der Waals surface area contributed by atoms with Crippen LogP contribution in [0.3, 0.4) is 0 Å². The average molecular weight is 212 g/mol. The molecule has 2 saturated heterocycles. The van der Waals surface area contributed by atoms with Crippen LogP contribution in [0.15, 0.2) is 0 Å². The molecule has 2 atom stereocenters. The average Bonchev–Trinajstić information content (AvgIpc) is 2.64. The summed E-state index contributed by atoms with van der Waals surface area (Å²) < 4.78 is 5.68. The predicted molar refractivity (Wildman–Crippen MR) is 61.8 cm³/mol. The van der Waals surface area contributed by atoms with Crippen LogP contribution >= 0.6 is 0 Å². The third-order valence-corrected chi connectivity index (χ3v) is 3.76. The SMILES string of the molecule is NCC1CCCN(CC2CCCO2)CC1. The smallest absolute Gasteiger partial charge is 0.0702 e. The monoisotopic (exact) mass is 212 g/mol. The molecule has 0 aliphatic carbocycles. The minimum Gasteiger partial charge on any atom is -0.377 e. The topological polar surface area (TPSA) is 38.5 Å². The molecular weight excluding hydrogens is 188 g/mol. The Hall–Kier alpha value is -0.120. The lowest BCUT2D eigenvalue weighted by Crippen LogP contribution is -2.33. The minimum absolute atomic E-state index is 0.513. The fraction of sp³-hybridized carbons (Fsp3) is 1.00. The highest BCUT2D eigenvalue weighted by Gasteiger charge is 2.21. The fourth-order valence-corrected chi connectivity index (χ4v) is 2.72. The zero-order valence-corrected chi connectivity index (χ0v) is 9.66. The second-order valence-corrected chi connectivity index (χ2v) is 4.97. The minimum atomic E-state index is 0.513. The van der Waals surface area contributed by atoms with E-state index in [1.165, 1.54) is 45.2 Å². The van der Waals surface area contributed by atoms with Crippen molar-refractivity contribution in [1.82, 2.24) is 4.90 Å². The van der Waals surface area contributed by atoms with Crippen molar-refractivity contribution >= 4 is 0 Å². The maximum atomic E-state index is 5.74. The number of nitrogens with two attached hydrogens (primary N) is 1. The second kappa shape index (κ2) is 5.83. The summed E-state index contributed by atoms with van der Waals surface area (Å²) in [7, 11) is 0. The molecule has 0 spiro atoms. The zero-order chi connectivity index (χ0) is 10.5. The normalized spacial score (nSPS) is 34.2. The molecule has 3 nitrogen and oxygen atoms in total. The van der Waals surface area contributed by atoms with Crippen LogP contribution in [-0.4, -0.2) is 43.8 Å². The molecule has 0 aromatic carbocycles. The Bertz CT molecular complexity index is 180. The summed E-state index contributed by atoms with van der Waals surface area (Å²) in [5.41, 5.74) is 5.74. The van der Waals surface area contributed by atoms with Gasteiger partial charge in [0.05, 0.1) is 6.10 Å². The maximum absolute atomic E-state index is 5.74. The van der Waals surface area contributed by atoms with Gasteiger partial charge >= 0.3 is 0 Å². The van der Waals surface area contributed by atoms with Gasteiger partial charge in [-0.2, -0.15) is 0 Å². The molecule has 88 valence electrons. The van der Waals surface area contributed by atoms with E-state index in [2.05, 4.69) is 4.90 Å². The summed E-state index contributed by atoms with van der Waals surface area (Å²) in [6.45, 7) is 5.47. The van der Waals surface area contributed by atoms with E-state index in [0.717, 1.165) is 25.6 Å². The van der Waals surface area contributed by atoms with Crippen molar-refractivity contribution in [2.24, 2.45) is 11.7 Å². The number of likely N-dealkylation sites (tertiary alicyclic amines) is 1. The first-order valence-corrected chi connectivity index (χ1v) is 6.42. The Morgan fingerprint density at radius 3 is 2.80 bits per heavy atom. The Balaban J connectivity index is 1.72. The fourth-order valence-electron chi connectivity index (χ4n) is 2.72. The van der Waals surface area contributed by atoms with E-state index in [1.807, 2.05) is 0 Å². The molecule has 3 heteroatoms. The van der Waals surface area contributed by atoms with Crippen LogP contribution in [0.4, 0.5) is 0 Å². The quantitative estimate of drug-likeness (QED) is 0.764. The van der Waals surface area contributed by atoms with Gasteiger partial charge in [0.1, 0.15) is 0 Å². The van der Waals surface area contributed by atoms with Crippen molar-refractivity contribution in [2.75, 3.05) is 32.8 Å². The molecule has 0 radical (unpaired) electrons. The molecule has 2 rings (SSSR count). The third kappa shape index (κ3) is 3.44. The summed E-state index contributed by atoms with van der Waals surface area (Å²) in [5, 5.41) is 0. The van der Waals surface area contributed by atoms with Gasteiger partial charge < -0.3 is 15.4 Å². The van der Waals surface area contributed by atoms with Crippen molar-refractivity contribution in [2.45, 2.75) is 38.2 Å². The molecule has 0 saturated carbocycles. The summed E-state index contributed by atoms with van der Waals surface area (Å²) >= 11 is 0. The molecule has 2 N–H and O–H groups in total. The van der Waals surface area contributed by atoms with Crippen molar-refractivity contribution in [1.29, 1.82) is 0 Å². The number of ether oxygens (including phenoxy) is 1. The van der Waals surface area contributed by atoms with Crippen LogP contribution in [0.2, 0.25) is 0 Å². The zero-order valence-electron chi connectivity index (χ0n) is 9.66. The van der Waals surface area contributed by atoms with Gasteiger partial charge in [-0.15, -0.1) is 0 Å². The van der Waals surface area contributed by atoms with E-state index in [1.54, 1.807) is 0 Å². The highest BCUT2D eigenvalue weighted by Crippen LogP contribution is 2.19. The lowest BCUT2D eigenvalue weighted by atomic mass is 10.0. The van der Waals surface area contributed by atoms with E-state index < -0.39 is 0 Å². The Kier molecular flexibility index (Phi) is 4.42. The standard InChI is InChI=1S/C12H24N2O/c13-9-11-3-1-6-14(7-5-11)10-12-4-2-8-15-12/h11-12H,1-10,13H2. The lowest BCUT2D eigenvalue weighted by molar-refractivity contribution is 0.0740. The van der Waals surface area contributed by atoms with E-state index in [4.69, 9.17) is 10.5 Å². The number of hydrogen-bond acceptors (Lipinski definition) is 3. The first-order valence-electron chi connectivity index (χ1n) is 6.42. The molecule has 0 aromatic heterocycles. The van der Waals surface area contributed by atoms with Gasteiger partial charge in [0.15, 0.2) is 0 Å². The molecule has 0 aromatic rings. The van der Waals surface area contributed by atoms with Gasteiger partial charge in [0.2, 0.25) is 0 Å². The van der Waals surface area contributed by atoms with Crippen molar-refractivity contribution in [3.63, 3.8) is 0 Å². The Morgan fingerprint density at radius 1 is 1.13 bits per heavy atom. The van der Waals surface area contributed by atoms with Gasteiger partial charge in [0, 0.05) is 13.2 Å². The van der Waals surface area contributed by atoms with Crippen molar-refractivity contribution in [3.05, 3.63) is 0 Å². The van der Waals surface area contributed by atoms with Gasteiger partial charge in [-0.05, 0) is 57.7 Å². The second-order valence-electron chi connectivity index (χ2n) is 4.97. The van der Waals surface area contributed by atoms with Crippen LogP contribution < -0.4 is 5.73 Å². The molecule has 2 aliphatic rings. The first-order chi connectivity index (χ1) is 7.38. The maximum Gasteiger partial charge on any atom is 0.0702 e. The van der Waals surface area contributed by atoms with Crippen LogP contribution in [0.5, 0.6) is 0 Å². The lowest BCUT2D eigenvalue weighted by Gasteiger charge is -2.23. The third-order valence-electron chi connectivity index (χ3n) is 3.76. The van der Waals surface area contributed by atoms with Crippen LogP contribution in [0, 0.1) is 5.92 Å². The first kappa shape index (κ1) is 11.4. The number of rotatable bonds is 3. The molecular formula is C12H24N2O. The van der Waals surface area contributed by atoms with Gasteiger partial charge in [-0.3, -0.25) is 0 Å². The Labute approximate surface area is 93.0 Å². The van der Waals surface area contributed by atoms with Crippen molar-refractivity contribution < 1.29 is 4.74 Å². The largest absolute Gasteiger partial charge is 0.377 e. The van der Waals surface area contributed by atoms with Crippen LogP contribution in [-0.2, 0) is 4.74 Å². The molecule has 2 heterocycles. The van der Waals surface area contributed by atoms with Crippen LogP contribution in [0.25, 0.3) is 0 Å². The summed E-state index contributed by atoms with van der Waals surface area (Å²) in [6, 6.07) is 0. The van der Waals surface area contributed by atoms with Crippen molar-refractivity contribution in [3.8, 4) is 0 Å².